The van der Waals surface area contributed by atoms with Gasteiger partial charge in [-0.05, 0) is 29.3 Å². The van der Waals surface area contributed by atoms with Gasteiger partial charge in [-0.15, -0.1) is 0 Å². The van der Waals surface area contributed by atoms with Crippen molar-refractivity contribution in [3.63, 3.8) is 0 Å². The molecule has 154 valence electrons. The molecule has 0 aliphatic carbocycles. The van der Waals surface area contributed by atoms with Gasteiger partial charge in [0.1, 0.15) is 6.54 Å². The molecular formula is C26H22N2O3. The summed E-state index contributed by atoms with van der Waals surface area (Å²) in [7, 11) is 0. The first kappa shape index (κ1) is 19.1. The SMILES string of the molecule is O=C(O)Cn1c2c(c3ccccc31)CN(C(=O)c1ccc(-c3ccccc3)cc1)CC2. The van der Waals surface area contributed by atoms with Crippen LogP contribution in [-0.4, -0.2) is 33.0 Å². The standard InChI is InChI=1S/C26H22N2O3/c29-25(30)17-28-23-9-5-4-8-21(23)22-16-27(15-14-24(22)28)26(31)20-12-10-19(11-13-20)18-6-2-1-3-7-18/h1-13H,14-17H2,(H,29,30). The zero-order valence-corrected chi connectivity index (χ0v) is 17.0. The quantitative estimate of drug-likeness (QED) is 0.535. The van der Waals surface area contributed by atoms with E-state index >= 15 is 0 Å². The molecule has 1 aliphatic rings. The van der Waals surface area contributed by atoms with Gasteiger partial charge in [0.15, 0.2) is 0 Å². The fraction of sp³-hybridized carbons (Fsp3) is 0.154. The summed E-state index contributed by atoms with van der Waals surface area (Å²) in [6.07, 6.45) is 0.644. The van der Waals surface area contributed by atoms with Gasteiger partial charge >= 0.3 is 5.97 Å². The van der Waals surface area contributed by atoms with E-state index in [0.29, 0.717) is 25.1 Å². The summed E-state index contributed by atoms with van der Waals surface area (Å²) in [4.78, 5) is 26.5. The topological polar surface area (TPSA) is 62.5 Å². The number of nitrogens with zero attached hydrogens (tertiary/aromatic N) is 2. The highest BCUT2D eigenvalue weighted by molar-refractivity contribution is 5.95. The number of rotatable bonds is 4. The predicted molar refractivity (Wildman–Crippen MR) is 120 cm³/mol. The van der Waals surface area contributed by atoms with E-state index in [0.717, 1.165) is 33.3 Å². The van der Waals surface area contributed by atoms with E-state index < -0.39 is 5.97 Å². The van der Waals surface area contributed by atoms with Crippen molar-refractivity contribution in [2.75, 3.05) is 6.54 Å². The number of amides is 1. The number of benzene rings is 3. The van der Waals surface area contributed by atoms with Crippen LogP contribution in [0.2, 0.25) is 0 Å². The minimum atomic E-state index is -0.861. The molecule has 2 heterocycles. The van der Waals surface area contributed by atoms with Crippen molar-refractivity contribution >= 4 is 22.8 Å². The summed E-state index contributed by atoms with van der Waals surface area (Å²) in [5, 5.41) is 10.4. The number of carbonyl (C=O) groups excluding carboxylic acids is 1. The molecule has 1 amide bonds. The molecule has 1 aromatic heterocycles. The Hall–Kier alpha value is -3.86. The molecule has 0 radical (unpaired) electrons. The maximum atomic E-state index is 13.2. The minimum absolute atomic E-state index is 0.000303. The molecule has 0 fully saturated rings. The first-order valence-corrected chi connectivity index (χ1v) is 10.4. The van der Waals surface area contributed by atoms with Crippen LogP contribution in [0.5, 0.6) is 0 Å². The third-order valence-corrected chi connectivity index (χ3v) is 5.98. The van der Waals surface area contributed by atoms with E-state index in [1.54, 1.807) is 0 Å². The molecule has 5 rings (SSSR count). The van der Waals surface area contributed by atoms with Crippen molar-refractivity contribution in [1.29, 1.82) is 0 Å². The number of hydrogen-bond donors (Lipinski definition) is 1. The Labute approximate surface area is 180 Å². The molecular weight excluding hydrogens is 388 g/mol. The maximum Gasteiger partial charge on any atom is 0.323 e. The summed E-state index contributed by atoms with van der Waals surface area (Å²) in [6, 6.07) is 25.7. The van der Waals surface area contributed by atoms with Crippen LogP contribution in [0, 0.1) is 0 Å². The zero-order valence-electron chi connectivity index (χ0n) is 17.0. The molecule has 1 N–H and O–H groups in total. The van der Waals surface area contributed by atoms with Gasteiger partial charge in [0.2, 0.25) is 0 Å². The highest BCUT2D eigenvalue weighted by Crippen LogP contribution is 2.31. The Morgan fingerprint density at radius 3 is 2.26 bits per heavy atom. The summed E-state index contributed by atoms with van der Waals surface area (Å²) in [5.41, 5.74) is 5.85. The average molecular weight is 410 g/mol. The lowest BCUT2D eigenvalue weighted by Gasteiger charge is -2.28. The van der Waals surface area contributed by atoms with Crippen LogP contribution in [0.1, 0.15) is 21.6 Å². The third kappa shape index (κ3) is 3.48. The second-order valence-corrected chi connectivity index (χ2v) is 7.84. The van der Waals surface area contributed by atoms with Crippen molar-refractivity contribution < 1.29 is 14.7 Å². The van der Waals surface area contributed by atoms with Crippen LogP contribution in [0.15, 0.2) is 78.9 Å². The van der Waals surface area contributed by atoms with Crippen molar-refractivity contribution in [1.82, 2.24) is 9.47 Å². The lowest BCUT2D eigenvalue weighted by atomic mass is 10.0. The Morgan fingerprint density at radius 2 is 1.52 bits per heavy atom. The number of aromatic nitrogens is 1. The van der Waals surface area contributed by atoms with Crippen LogP contribution < -0.4 is 0 Å². The highest BCUT2D eigenvalue weighted by Gasteiger charge is 2.27. The Balaban J connectivity index is 1.43. The molecule has 0 saturated carbocycles. The van der Waals surface area contributed by atoms with Gasteiger partial charge in [-0.1, -0.05) is 60.7 Å². The van der Waals surface area contributed by atoms with E-state index in [1.165, 1.54) is 0 Å². The second-order valence-electron chi connectivity index (χ2n) is 7.84. The first-order valence-electron chi connectivity index (χ1n) is 10.4. The van der Waals surface area contributed by atoms with Gasteiger partial charge in [-0.2, -0.15) is 0 Å². The second kappa shape index (κ2) is 7.76. The summed E-state index contributed by atoms with van der Waals surface area (Å²) >= 11 is 0. The van der Waals surface area contributed by atoms with Crippen LogP contribution in [0.4, 0.5) is 0 Å². The van der Waals surface area contributed by atoms with Gasteiger partial charge in [0, 0.05) is 47.2 Å². The largest absolute Gasteiger partial charge is 0.480 e. The fourth-order valence-electron chi connectivity index (χ4n) is 4.51. The molecule has 0 saturated heterocycles. The van der Waals surface area contributed by atoms with E-state index in [1.807, 2.05) is 76.2 Å². The van der Waals surface area contributed by atoms with Crippen molar-refractivity contribution in [2.45, 2.75) is 19.5 Å². The van der Waals surface area contributed by atoms with Crippen LogP contribution in [-0.2, 0) is 24.3 Å². The predicted octanol–water partition coefficient (Wildman–Crippen LogP) is 4.59. The molecule has 0 atom stereocenters. The maximum absolute atomic E-state index is 13.2. The highest BCUT2D eigenvalue weighted by atomic mass is 16.4. The number of carboxylic acids is 1. The lowest BCUT2D eigenvalue weighted by Crippen LogP contribution is -2.36. The van der Waals surface area contributed by atoms with Gasteiger partial charge in [-0.3, -0.25) is 9.59 Å². The number of para-hydroxylation sites is 1. The third-order valence-electron chi connectivity index (χ3n) is 5.98. The number of carboxylic acid groups (broad SMARTS) is 1. The summed E-state index contributed by atoms with van der Waals surface area (Å²) in [5.74, 6) is -0.860. The molecule has 0 spiro atoms. The molecule has 0 bridgehead atoms. The monoisotopic (exact) mass is 410 g/mol. The number of hydrogen-bond acceptors (Lipinski definition) is 2. The van der Waals surface area contributed by atoms with Gasteiger partial charge < -0.3 is 14.6 Å². The molecule has 5 nitrogen and oxygen atoms in total. The normalized spacial score (nSPS) is 13.2. The lowest BCUT2D eigenvalue weighted by molar-refractivity contribution is -0.137. The number of fused-ring (bicyclic) bond motifs is 3. The van der Waals surface area contributed by atoms with Crippen molar-refractivity contribution in [3.8, 4) is 11.1 Å². The minimum Gasteiger partial charge on any atom is -0.480 e. The number of aliphatic carboxylic acids is 1. The molecule has 0 unspecified atom stereocenters. The molecule has 5 heteroatoms. The number of carbonyl (C=O) groups is 2. The fourth-order valence-corrected chi connectivity index (χ4v) is 4.51. The van der Waals surface area contributed by atoms with E-state index in [9.17, 15) is 14.7 Å². The molecule has 31 heavy (non-hydrogen) atoms. The molecule has 3 aromatic carbocycles. The molecule has 4 aromatic rings. The average Bonchev–Trinajstić information content (AvgIpc) is 3.12. The smallest absolute Gasteiger partial charge is 0.323 e. The Bertz CT molecular complexity index is 1270. The van der Waals surface area contributed by atoms with Gasteiger partial charge in [-0.25, -0.2) is 0 Å². The first-order chi connectivity index (χ1) is 15.1. The van der Waals surface area contributed by atoms with E-state index in [2.05, 4.69) is 12.1 Å². The zero-order chi connectivity index (χ0) is 21.4. The Kier molecular flexibility index (Phi) is 4.79. The van der Waals surface area contributed by atoms with E-state index in [-0.39, 0.29) is 12.5 Å². The van der Waals surface area contributed by atoms with Crippen LogP contribution >= 0.6 is 0 Å². The van der Waals surface area contributed by atoms with Crippen LogP contribution in [0.25, 0.3) is 22.0 Å². The van der Waals surface area contributed by atoms with Crippen molar-refractivity contribution in [2.24, 2.45) is 0 Å². The molecule has 1 aliphatic heterocycles. The van der Waals surface area contributed by atoms with E-state index in [4.69, 9.17) is 0 Å². The van der Waals surface area contributed by atoms with Gasteiger partial charge in [0.05, 0.1) is 0 Å². The summed E-state index contributed by atoms with van der Waals surface area (Å²) in [6.45, 7) is 0.995. The Morgan fingerprint density at radius 1 is 0.839 bits per heavy atom. The van der Waals surface area contributed by atoms with Gasteiger partial charge in [0.25, 0.3) is 5.91 Å². The summed E-state index contributed by atoms with van der Waals surface area (Å²) < 4.78 is 1.88. The van der Waals surface area contributed by atoms with Crippen molar-refractivity contribution in [3.05, 3.63) is 95.7 Å². The van der Waals surface area contributed by atoms with Crippen LogP contribution in [0.3, 0.4) is 0 Å².